The molecule has 98 valence electrons. The highest BCUT2D eigenvalue weighted by molar-refractivity contribution is 9.09. The average Bonchev–Trinajstić information content (AvgIpc) is 2.34. The van der Waals surface area contributed by atoms with Crippen LogP contribution >= 0.6 is 15.9 Å². The molecule has 0 aromatic rings. The molecule has 3 heteroatoms. The molecule has 0 spiro atoms. The second kappa shape index (κ2) is 11.9. The fourth-order valence-corrected chi connectivity index (χ4v) is 1.87. The number of unbranched alkanes of at least 4 members (excludes halogenated alkanes) is 5. The van der Waals surface area contributed by atoms with Gasteiger partial charge in [-0.05, 0) is 25.0 Å². The summed E-state index contributed by atoms with van der Waals surface area (Å²) in [5.74, 6) is -0.157. The number of alkyl halides is 1. The summed E-state index contributed by atoms with van der Waals surface area (Å²) in [6.45, 7) is 7.14. The molecule has 0 radical (unpaired) electrons. The third-order valence-corrected chi connectivity index (χ3v) is 3.06. The summed E-state index contributed by atoms with van der Waals surface area (Å²) in [4.78, 5) is 11.4. The SMILES string of the molecule is C=CC(C=C)OC(=O)CCCCCCCCBr. The van der Waals surface area contributed by atoms with Crippen molar-refractivity contribution in [2.45, 2.75) is 51.0 Å². The van der Waals surface area contributed by atoms with Crippen LogP contribution in [0.2, 0.25) is 0 Å². The highest BCUT2D eigenvalue weighted by Crippen LogP contribution is 2.09. The highest BCUT2D eigenvalue weighted by atomic mass is 79.9. The van der Waals surface area contributed by atoms with Gasteiger partial charge in [-0.2, -0.15) is 0 Å². The van der Waals surface area contributed by atoms with Crippen LogP contribution in [0, 0.1) is 0 Å². The van der Waals surface area contributed by atoms with Gasteiger partial charge in [-0.25, -0.2) is 0 Å². The first-order chi connectivity index (χ1) is 8.24. The molecular formula is C14H23BrO2. The van der Waals surface area contributed by atoms with Crippen molar-refractivity contribution in [1.82, 2.24) is 0 Å². The van der Waals surface area contributed by atoms with Crippen molar-refractivity contribution in [3.63, 3.8) is 0 Å². The number of hydrogen-bond acceptors (Lipinski definition) is 2. The van der Waals surface area contributed by atoms with Crippen molar-refractivity contribution >= 4 is 21.9 Å². The fourth-order valence-electron chi connectivity index (χ4n) is 1.47. The maximum absolute atomic E-state index is 11.4. The second-order valence-corrected chi connectivity index (χ2v) is 4.78. The monoisotopic (exact) mass is 302 g/mol. The number of carbonyl (C=O) groups excluding carboxylic acids is 1. The smallest absolute Gasteiger partial charge is 0.306 e. The van der Waals surface area contributed by atoms with Crippen molar-refractivity contribution in [3.05, 3.63) is 25.3 Å². The molecule has 0 aliphatic rings. The maximum atomic E-state index is 11.4. The van der Waals surface area contributed by atoms with E-state index in [4.69, 9.17) is 4.74 Å². The van der Waals surface area contributed by atoms with Crippen molar-refractivity contribution < 1.29 is 9.53 Å². The van der Waals surface area contributed by atoms with E-state index in [9.17, 15) is 4.79 Å². The van der Waals surface area contributed by atoms with Crippen molar-refractivity contribution in [2.75, 3.05) is 5.33 Å². The molecular weight excluding hydrogens is 280 g/mol. The molecule has 2 nitrogen and oxygen atoms in total. The fraction of sp³-hybridized carbons (Fsp3) is 0.643. The van der Waals surface area contributed by atoms with Gasteiger partial charge in [0, 0.05) is 11.8 Å². The van der Waals surface area contributed by atoms with Crippen molar-refractivity contribution in [3.8, 4) is 0 Å². The quantitative estimate of drug-likeness (QED) is 0.245. The molecule has 0 aliphatic carbocycles. The predicted molar refractivity (Wildman–Crippen MR) is 76.4 cm³/mol. The molecule has 0 amide bonds. The van der Waals surface area contributed by atoms with Crippen LogP contribution in [0.5, 0.6) is 0 Å². The van der Waals surface area contributed by atoms with E-state index >= 15 is 0 Å². The van der Waals surface area contributed by atoms with Crippen molar-refractivity contribution in [1.29, 1.82) is 0 Å². The molecule has 0 aliphatic heterocycles. The summed E-state index contributed by atoms with van der Waals surface area (Å²) >= 11 is 3.41. The molecule has 0 N–H and O–H groups in total. The lowest BCUT2D eigenvalue weighted by atomic mass is 10.1. The number of ether oxygens (including phenoxy) is 1. The summed E-state index contributed by atoms with van der Waals surface area (Å²) in [7, 11) is 0. The van der Waals surface area contributed by atoms with E-state index in [1.165, 1.54) is 25.7 Å². The van der Waals surface area contributed by atoms with E-state index in [1.807, 2.05) is 0 Å². The molecule has 0 rings (SSSR count). The van der Waals surface area contributed by atoms with Gasteiger partial charge >= 0.3 is 5.97 Å². The first-order valence-electron chi connectivity index (χ1n) is 6.25. The van der Waals surface area contributed by atoms with Gasteiger partial charge in [0.2, 0.25) is 0 Å². The summed E-state index contributed by atoms with van der Waals surface area (Å²) < 4.78 is 5.11. The van der Waals surface area contributed by atoms with E-state index in [0.29, 0.717) is 6.42 Å². The minimum absolute atomic E-state index is 0.157. The van der Waals surface area contributed by atoms with Crippen LogP contribution < -0.4 is 0 Å². The molecule has 0 saturated carbocycles. The molecule has 0 bridgehead atoms. The van der Waals surface area contributed by atoms with E-state index in [-0.39, 0.29) is 12.1 Å². The first-order valence-corrected chi connectivity index (χ1v) is 7.37. The molecule has 17 heavy (non-hydrogen) atoms. The van der Waals surface area contributed by atoms with Gasteiger partial charge in [-0.1, -0.05) is 54.8 Å². The number of halogens is 1. The normalized spacial score (nSPS) is 10.2. The molecule has 0 atom stereocenters. The Morgan fingerprint density at radius 3 is 2.12 bits per heavy atom. The first kappa shape index (κ1) is 16.4. The van der Waals surface area contributed by atoms with E-state index in [2.05, 4.69) is 29.1 Å². The van der Waals surface area contributed by atoms with E-state index in [1.54, 1.807) is 12.2 Å². The van der Waals surface area contributed by atoms with Crippen LogP contribution in [-0.4, -0.2) is 17.4 Å². The van der Waals surface area contributed by atoms with Crippen LogP contribution in [0.15, 0.2) is 25.3 Å². The van der Waals surface area contributed by atoms with Gasteiger partial charge in [0.25, 0.3) is 0 Å². The van der Waals surface area contributed by atoms with Crippen LogP contribution in [0.1, 0.15) is 44.9 Å². The van der Waals surface area contributed by atoms with E-state index in [0.717, 1.165) is 18.2 Å². The number of hydrogen-bond donors (Lipinski definition) is 0. The Kier molecular flexibility index (Phi) is 11.5. The lowest BCUT2D eigenvalue weighted by molar-refractivity contribution is -0.145. The van der Waals surface area contributed by atoms with Gasteiger partial charge < -0.3 is 4.74 Å². The van der Waals surface area contributed by atoms with E-state index < -0.39 is 0 Å². The number of esters is 1. The summed E-state index contributed by atoms with van der Waals surface area (Å²) in [6, 6.07) is 0. The Morgan fingerprint density at radius 2 is 1.59 bits per heavy atom. The third-order valence-electron chi connectivity index (χ3n) is 2.50. The maximum Gasteiger partial charge on any atom is 0.306 e. The van der Waals surface area contributed by atoms with Gasteiger partial charge in [0.15, 0.2) is 0 Å². The predicted octanol–water partition coefficient (Wildman–Crippen LogP) is 4.40. The molecule has 0 fully saturated rings. The Labute approximate surface area is 113 Å². The van der Waals surface area contributed by atoms with Gasteiger partial charge in [-0.15, -0.1) is 0 Å². The Morgan fingerprint density at radius 1 is 1.06 bits per heavy atom. The highest BCUT2D eigenvalue weighted by Gasteiger charge is 2.06. The Bertz CT molecular complexity index is 218. The average molecular weight is 303 g/mol. The zero-order valence-corrected chi connectivity index (χ0v) is 12.1. The van der Waals surface area contributed by atoms with Crippen LogP contribution in [0.25, 0.3) is 0 Å². The van der Waals surface area contributed by atoms with Crippen LogP contribution in [-0.2, 0) is 9.53 Å². The Hall–Kier alpha value is -0.570. The lowest BCUT2D eigenvalue weighted by Gasteiger charge is -2.09. The van der Waals surface area contributed by atoms with Gasteiger partial charge in [0.1, 0.15) is 6.10 Å². The number of carbonyl (C=O) groups is 1. The molecule has 0 aromatic carbocycles. The zero-order valence-electron chi connectivity index (χ0n) is 10.5. The molecule has 0 heterocycles. The largest absolute Gasteiger partial charge is 0.454 e. The van der Waals surface area contributed by atoms with Gasteiger partial charge in [0.05, 0.1) is 0 Å². The Balaban J connectivity index is 3.38. The van der Waals surface area contributed by atoms with Gasteiger partial charge in [-0.3, -0.25) is 4.79 Å². The summed E-state index contributed by atoms with van der Waals surface area (Å²) in [6.07, 6.45) is 10.3. The minimum atomic E-state index is -0.346. The van der Waals surface area contributed by atoms with Crippen LogP contribution in [0.3, 0.4) is 0 Å². The summed E-state index contributed by atoms with van der Waals surface area (Å²) in [5.41, 5.74) is 0. The molecule has 0 aromatic heterocycles. The molecule has 0 unspecified atom stereocenters. The number of rotatable bonds is 11. The topological polar surface area (TPSA) is 26.3 Å². The summed E-state index contributed by atoms with van der Waals surface area (Å²) in [5, 5.41) is 1.09. The zero-order chi connectivity index (χ0) is 12.9. The second-order valence-electron chi connectivity index (χ2n) is 3.99. The third kappa shape index (κ3) is 10.3. The standard InChI is InChI=1S/C14H23BrO2/c1-3-13(4-2)17-14(16)11-9-7-5-6-8-10-12-15/h3-4,13H,1-2,5-12H2. The van der Waals surface area contributed by atoms with Crippen LogP contribution in [0.4, 0.5) is 0 Å². The minimum Gasteiger partial charge on any atom is -0.454 e. The van der Waals surface area contributed by atoms with Crippen molar-refractivity contribution in [2.24, 2.45) is 0 Å². The lowest BCUT2D eigenvalue weighted by Crippen LogP contribution is -2.12. The molecule has 0 saturated heterocycles.